The molecule has 2 aromatic carbocycles. The van der Waals surface area contributed by atoms with Gasteiger partial charge in [-0.05, 0) is 41.9 Å². The van der Waals surface area contributed by atoms with Crippen molar-refractivity contribution >= 4 is 33.7 Å². The molecule has 0 aliphatic carbocycles. The summed E-state index contributed by atoms with van der Waals surface area (Å²) in [5.41, 5.74) is 7.54. The lowest BCUT2D eigenvalue weighted by atomic mass is 9.84. The van der Waals surface area contributed by atoms with Crippen molar-refractivity contribution in [1.29, 1.82) is 0 Å². The lowest BCUT2D eigenvalue weighted by Gasteiger charge is -2.25. The Morgan fingerprint density at radius 1 is 1.13 bits per heavy atom. The average molecular weight is 603 g/mol. The molecule has 1 amide bonds. The molecule has 0 unspecified atom stereocenters. The number of rotatable bonds is 13. The number of hydrogen-bond donors (Lipinski definition) is 1. The van der Waals surface area contributed by atoms with Crippen LogP contribution in [0, 0.1) is 5.92 Å². The second-order valence-electron chi connectivity index (χ2n) is 10.9. The molecule has 1 aliphatic rings. The first kappa shape index (κ1) is 30.6. The molecule has 8 nitrogen and oxygen atoms in total. The number of Topliss-reactive ketones (excluding diaryl/α,β-unsaturated/α-hetero) is 1. The minimum atomic E-state index is -0.377. The Kier molecular flexibility index (Phi) is 10.9. The summed E-state index contributed by atoms with van der Waals surface area (Å²) in [7, 11) is 3.30. The van der Waals surface area contributed by atoms with Gasteiger partial charge in [-0.2, -0.15) is 4.02 Å². The molecule has 1 saturated heterocycles. The fourth-order valence-corrected chi connectivity index (χ4v) is 5.53. The number of amidine groups is 1. The second-order valence-corrected chi connectivity index (χ2v) is 11.3. The number of carbonyl (C=O) groups is 2. The van der Waals surface area contributed by atoms with E-state index in [-0.39, 0.29) is 48.5 Å². The number of ketones is 1. The first-order valence-electron chi connectivity index (χ1n) is 13.2. The Labute approximate surface area is 240 Å². The largest absolute Gasteiger partial charge is 0.493 e. The van der Waals surface area contributed by atoms with Gasteiger partial charge in [0.15, 0.2) is 17.3 Å². The van der Waals surface area contributed by atoms with Gasteiger partial charge in [0.25, 0.3) is 0 Å². The number of amides is 1. The van der Waals surface area contributed by atoms with E-state index in [9.17, 15) is 9.59 Å². The van der Waals surface area contributed by atoms with Crippen LogP contribution in [0.2, 0.25) is 0 Å². The minimum Gasteiger partial charge on any atom is -0.493 e. The number of methoxy groups -OCH3 is 2. The summed E-state index contributed by atoms with van der Waals surface area (Å²) < 4.78 is 21.6. The smallest absolute Gasteiger partial charge is 0.217 e. The first-order valence-corrected chi connectivity index (χ1v) is 14.0. The van der Waals surface area contributed by atoms with Gasteiger partial charge in [0, 0.05) is 43.7 Å². The van der Waals surface area contributed by atoms with Gasteiger partial charge < -0.3 is 24.8 Å². The second kappa shape index (κ2) is 13.9. The molecule has 0 spiro atoms. The summed E-state index contributed by atoms with van der Waals surface area (Å²) in [4.78, 5) is 27.0. The van der Waals surface area contributed by atoms with Gasteiger partial charge in [-0.15, -0.1) is 0 Å². The van der Waals surface area contributed by atoms with E-state index in [1.165, 1.54) is 0 Å². The van der Waals surface area contributed by atoms with Crippen LogP contribution in [0.1, 0.15) is 67.4 Å². The molecule has 0 aromatic heterocycles. The van der Waals surface area contributed by atoms with Crippen molar-refractivity contribution in [2.24, 2.45) is 15.7 Å². The number of nitrogens with two attached hydrogens (primary N) is 1. The van der Waals surface area contributed by atoms with E-state index in [1.54, 1.807) is 20.3 Å². The summed E-state index contributed by atoms with van der Waals surface area (Å²) in [6.45, 7) is 7.99. The fraction of sp³-hybridized carbons (Fsp3) is 0.500. The Morgan fingerprint density at radius 2 is 1.85 bits per heavy atom. The third-order valence-corrected chi connectivity index (χ3v) is 7.38. The normalized spacial score (nSPS) is 18.4. The molecule has 1 aliphatic heterocycles. The number of nitrogens with zero attached hydrogens (tertiary/aromatic N) is 2. The van der Waals surface area contributed by atoms with E-state index in [1.807, 2.05) is 24.3 Å². The van der Waals surface area contributed by atoms with Crippen LogP contribution < -0.4 is 15.2 Å². The molecule has 0 bridgehead atoms. The first-order chi connectivity index (χ1) is 18.6. The predicted molar refractivity (Wildman–Crippen MR) is 157 cm³/mol. The predicted octanol–water partition coefficient (Wildman–Crippen LogP) is 5.28. The highest BCUT2D eigenvalue weighted by Crippen LogP contribution is 2.41. The number of likely N-dealkylation sites (tertiary alicyclic amines) is 1. The summed E-state index contributed by atoms with van der Waals surface area (Å²) in [6.07, 6.45) is 1.56. The Balaban J connectivity index is 1.91. The molecular weight excluding hydrogens is 562 g/mol. The van der Waals surface area contributed by atoms with E-state index < -0.39 is 0 Å². The van der Waals surface area contributed by atoms with Gasteiger partial charge in [-0.1, -0.05) is 51.1 Å². The summed E-state index contributed by atoms with van der Waals surface area (Å²) in [5.74, 6) is 1.79. The summed E-state index contributed by atoms with van der Waals surface area (Å²) in [5, 5.41) is 0. The minimum absolute atomic E-state index is 0.0435. The molecule has 2 atom stereocenters. The fourth-order valence-electron chi connectivity index (χ4n) is 5.08. The van der Waals surface area contributed by atoms with Crippen LogP contribution in [0.5, 0.6) is 11.5 Å². The van der Waals surface area contributed by atoms with Crippen LogP contribution in [-0.2, 0) is 14.9 Å². The van der Waals surface area contributed by atoms with Gasteiger partial charge >= 0.3 is 0 Å². The highest BCUT2D eigenvalue weighted by Gasteiger charge is 2.40. The van der Waals surface area contributed by atoms with Crippen molar-refractivity contribution < 1.29 is 23.8 Å². The lowest BCUT2D eigenvalue weighted by Crippen LogP contribution is -2.32. The van der Waals surface area contributed by atoms with Crippen molar-refractivity contribution in [3.63, 3.8) is 0 Å². The number of carbonyl (C=O) groups excluding carboxylic acids is 2. The van der Waals surface area contributed by atoms with Crippen molar-refractivity contribution in [2.75, 3.05) is 40.5 Å². The molecule has 2 N–H and O–H groups in total. The molecular formula is C30H40BrN3O5. The van der Waals surface area contributed by atoms with Gasteiger partial charge in [0.05, 0.1) is 36.4 Å². The zero-order chi connectivity index (χ0) is 28.6. The van der Waals surface area contributed by atoms with Gasteiger partial charge in [0.1, 0.15) is 5.84 Å². The lowest BCUT2D eigenvalue weighted by molar-refractivity contribution is -0.118. The van der Waals surface area contributed by atoms with E-state index in [0.29, 0.717) is 36.6 Å². The maximum absolute atomic E-state index is 13.8. The van der Waals surface area contributed by atoms with Crippen molar-refractivity contribution in [1.82, 2.24) is 4.90 Å². The molecule has 9 heteroatoms. The Hall–Kier alpha value is -2.91. The SMILES string of the molecule is COCC[C@H]1CN(CC(=O)c2cc(OCCCC(N)=O)c(OC)c(C(C)(C)C)c2)C(=NBr)[C@@H]1c1ccccc1. The number of primary amides is 1. The Bertz CT molecular complexity index is 1160. The standard InChI is InChI=1S/C30H40BrN3O5/c1-30(2,3)23-16-22(17-25(28(23)38-5)39-14-9-12-26(32)36)24(35)19-34-18-21(13-15-37-4)27(29(34)33-31)20-10-7-6-8-11-20/h6-8,10-11,16-17,21,27H,9,12-15,18-19H2,1-5H3,(H2,32,36)/t21-,27+/m0/s1. The van der Waals surface area contributed by atoms with Gasteiger partial charge in [0.2, 0.25) is 5.91 Å². The highest BCUT2D eigenvalue weighted by molar-refractivity contribution is 9.08. The van der Waals surface area contributed by atoms with Crippen LogP contribution in [0.4, 0.5) is 0 Å². The average Bonchev–Trinajstić information content (AvgIpc) is 3.25. The Morgan fingerprint density at radius 3 is 2.44 bits per heavy atom. The molecule has 3 rings (SSSR count). The van der Waals surface area contributed by atoms with Crippen molar-refractivity contribution in [3.05, 3.63) is 59.2 Å². The van der Waals surface area contributed by atoms with E-state index >= 15 is 0 Å². The molecule has 39 heavy (non-hydrogen) atoms. The monoisotopic (exact) mass is 601 g/mol. The van der Waals surface area contributed by atoms with E-state index in [4.69, 9.17) is 19.9 Å². The molecule has 0 saturated carbocycles. The maximum Gasteiger partial charge on any atom is 0.217 e. The molecule has 2 aromatic rings. The number of benzene rings is 2. The van der Waals surface area contributed by atoms with Gasteiger partial charge in [-0.25, -0.2) is 0 Å². The number of halogens is 1. The molecule has 1 heterocycles. The van der Waals surface area contributed by atoms with Crippen LogP contribution >= 0.6 is 16.1 Å². The van der Waals surface area contributed by atoms with Crippen LogP contribution in [-0.4, -0.2) is 62.9 Å². The molecule has 0 radical (unpaired) electrons. The number of hydrogen-bond acceptors (Lipinski definition) is 6. The summed E-state index contributed by atoms with van der Waals surface area (Å²) in [6, 6.07) is 13.9. The van der Waals surface area contributed by atoms with Crippen LogP contribution in [0.3, 0.4) is 0 Å². The quantitative estimate of drug-likeness (QED) is 0.247. The van der Waals surface area contributed by atoms with E-state index in [0.717, 1.165) is 23.4 Å². The van der Waals surface area contributed by atoms with Crippen LogP contribution in [0.15, 0.2) is 46.5 Å². The zero-order valence-corrected chi connectivity index (χ0v) is 25.1. The van der Waals surface area contributed by atoms with Crippen molar-refractivity contribution in [2.45, 2.75) is 51.4 Å². The van der Waals surface area contributed by atoms with E-state index in [2.05, 4.69) is 58.0 Å². The van der Waals surface area contributed by atoms with Crippen molar-refractivity contribution in [3.8, 4) is 11.5 Å². The topological polar surface area (TPSA) is 103 Å². The molecule has 212 valence electrons. The zero-order valence-electron chi connectivity index (χ0n) is 23.5. The summed E-state index contributed by atoms with van der Waals surface area (Å²) >= 11 is 3.34. The number of ether oxygens (including phenoxy) is 3. The third kappa shape index (κ3) is 7.82. The highest BCUT2D eigenvalue weighted by atomic mass is 79.9. The maximum atomic E-state index is 13.8. The molecule has 1 fully saturated rings. The third-order valence-electron chi connectivity index (χ3n) is 7.02. The van der Waals surface area contributed by atoms with Gasteiger partial charge in [-0.3, -0.25) is 9.59 Å². The van der Waals surface area contributed by atoms with Crippen LogP contribution in [0.25, 0.3) is 0 Å².